The van der Waals surface area contributed by atoms with Gasteiger partial charge in [-0.1, -0.05) is 23.7 Å². The smallest absolute Gasteiger partial charge is 0.269 e. The Morgan fingerprint density at radius 3 is 2.78 bits per heavy atom. The number of aromatic nitrogens is 1. The number of hydrogen-bond acceptors (Lipinski definition) is 5. The summed E-state index contributed by atoms with van der Waals surface area (Å²) in [5.41, 5.74) is 2.01. The second-order valence-corrected chi connectivity index (χ2v) is 8.49. The van der Waals surface area contributed by atoms with E-state index in [2.05, 4.69) is 5.32 Å². The van der Waals surface area contributed by atoms with Crippen molar-refractivity contribution in [2.75, 3.05) is 20.3 Å². The molecule has 2 heterocycles. The lowest BCUT2D eigenvalue weighted by Crippen LogP contribution is -2.16. The molecule has 1 aliphatic heterocycles. The molecule has 27 heavy (non-hydrogen) atoms. The molecule has 0 unspecified atom stereocenters. The number of hydrogen-bond donors (Lipinski definition) is 1. The van der Waals surface area contributed by atoms with Crippen molar-refractivity contribution in [2.24, 2.45) is 0 Å². The Morgan fingerprint density at radius 1 is 1.26 bits per heavy atom. The second-order valence-electron chi connectivity index (χ2n) is 6.33. The predicted octanol–water partition coefficient (Wildman–Crippen LogP) is 3.33. The average Bonchev–Trinajstić information content (AvgIpc) is 2.81. The summed E-state index contributed by atoms with van der Waals surface area (Å²) in [4.78, 5) is 0.0653. The maximum Gasteiger partial charge on any atom is 0.269 e. The van der Waals surface area contributed by atoms with Gasteiger partial charge < -0.3 is 14.8 Å². The fourth-order valence-electron chi connectivity index (χ4n) is 3.48. The number of halogens is 1. The van der Waals surface area contributed by atoms with Gasteiger partial charge in [-0.3, -0.25) is 0 Å². The van der Waals surface area contributed by atoms with Gasteiger partial charge in [-0.25, -0.2) is 12.4 Å². The SMILES string of the molecule is COc1cc2c(cc(C)n2S(=O)(=O)c2ccccc2Cl)c2c1OCCNC2. The van der Waals surface area contributed by atoms with Gasteiger partial charge in [0.1, 0.15) is 11.5 Å². The minimum Gasteiger partial charge on any atom is -0.493 e. The number of fused-ring (bicyclic) bond motifs is 3. The van der Waals surface area contributed by atoms with E-state index in [0.29, 0.717) is 42.4 Å². The largest absolute Gasteiger partial charge is 0.493 e. The molecule has 0 fully saturated rings. The van der Waals surface area contributed by atoms with Crippen molar-refractivity contribution >= 4 is 32.5 Å². The molecule has 0 spiro atoms. The topological polar surface area (TPSA) is 69.6 Å². The van der Waals surface area contributed by atoms with Crippen LogP contribution in [-0.2, 0) is 16.6 Å². The molecule has 1 aromatic heterocycles. The summed E-state index contributed by atoms with van der Waals surface area (Å²) < 4.78 is 39.4. The van der Waals surface area contributed by atoms with Gasteiger partial charge in [0.2, 0.25) is 0 Å². The quantitative estimate of drug-likeness (QED) is 0.722. The van der Waals surface area contributed by atoms with E-state index in [0.717, 1.165) is 10.9 Å². The van der Waals surface area contributed by atoms with Gasteiger partial charge in [0, 0.05) is 35.8 Å². The lowest BCUT2D eigenvalue weighted by atomic mass is 10.1. The molecule has 0 bridgehead atoms. The van der Waals surface area contributed by atoms with Crippen molar-refractivity contribution in [3.8, 4) is 11.5 Å². The third-order valence-corrected chi connectivity index (χ3v) is 6.98. The number of nitrogens with zero attached hydrogens (tertiary/aromatic N) is 1. The number of ether oxygens (including phenoxy) is 2. The van der Waals surface area contributed by atoms with Gasteiger partial charge >= 0.3 is 0 Å². The summed E-state index contributed by atoms with van der Waals surface area (Å²) in [5, 5.41) is 4.29. The zero-order valence-corrected chi connectivity index (χ0v) is 16.5. The van der Waals surface area contributed by atoms with Gasteiger partial charge in [-0.15, -0.1) is 0 Å². The van der Waals surface area contributed by atoms with Crippen LogP contribution in [0.2, 0.25) is 5.02 Å². The molecule has 8 heteroatoms. The van der Waals surface area contributed by atoms with Crippen LogP contribution in [0.3, 0.4) is 0 Å². The molecule has 142 valence electrons. The van der Waals surface area contributed by atoms with E-state index < -0.39 is 10.0 Å². The molecule has 2 aromatic carbocycles. The van der Waals surface area contributed by atoms with Crippen molar-refractivity contribution in [1.29, 1.82) is 0 Å². The first-order valence-electron chi connectivity index (χ1n) is 8.50. The van der Waals surface area contributed by atoms with Crippen LogP contribution in [-0.4, -0.2) is 32.7 Å². The minimum absolute atomic E-state index is 0.0653. The first-order valence-corrected chi connectivity index (χ1v) is 10.3. The van der Waals surface area contributed by atoms with Gasteiger partial charge in [-0.2, -0.15) is 0 Å². The Hall–Kier alpha value is -2.22. The zero-order chi connectivity index (χ0) is 19.2. The summed E-state index contributed by atoms with van der Waals surface area (Å²) in [5.74, 6) is 1.16. The number of rotatable bonds is 3. The number of benzene rings is 2. The van der Waals surface area contributed by atoms with Crippen LogP contribution in [0.15, 0.2) is 41.3 Å². The van der Waals surface area contributed by atoms with Crippen molar-refractivity contribution < 1.29 is 17.9 Å². The van der Waals surface area contributed by atoms with Crippen LogP contribution in [0, 0.1) is 6.92 Å². The minimum atomic E-state index is -3.88. The predicted molar refractivity (Wildman–Crippen MR) is 104 cm³/mol. The van der Waals surface area contributed by atoms with Crippen molar-refractivity contribution in [3.63, 3.8) is 0 Å². The van der Waals surface area contributed by atoms with E-state index in [4.69, 9.17) is 21.1 Å². The molecule has 0 saturated carbocycles. The Bertz CT molecular complexity index is 1140. The molecule has 1 N–H and O–H groups in total. The molecule has 0 aliphatic carbocycles. The fraction of sp³-hybridized carbons (Fsp3) is 0.263. The second kappa shape index (κ2) is 6.74. The Labute approximate surface area is 162 Å². The highest BCUT2D eigenvalue weighted by Crippen LogP contribution is 2.41. The maximum atomic E-state index is 13.4. The third-order valence-electron chi connectivity index (χ3n) is 4.66. The summed E-state index contributed by atoms with van der Waals surface area (Å²) in [6.07, 6.45) is 0. The van der Waals surface area contributed by atoms with E-state index in [1.807, 2.05) is 6.07 Å². The van der Waals surface area contributed by atoms with Gasteiger partial charge in [0.15, 0.2) is 11.5 Å². The van der Waals surface area contributed by atoms with Gasteiger partial charge in [-0.05, 0) is 25.1 Å². The number of nitrogens with one attached hydrogen (secondary N) is 1. The fourth-order valence-corrected chi connectivity index (χ4v) is 5.51. The van der Waals surface area contributed by atoms with Crippen LogP contribution in [0.25, 0.3) is 10.9 Å². The summed E-state index contributed by atoms with van der Waals surface area (Å²) >= 11 is 6.18. The van der Waals surface area contributed by atoms with Crippen molar-refractivity contribution in [1.82, 2.24) is 9.29 Å². The lowest BCUT2D eigenvalue weighted by Gasteiger charge is -2.15. The van der Waals surface area contributed by atoms with Gasteiger partial charge in [0.05, 0.1) is 17.6 Å². The lowest BCUT2D eigenvalue weighted by molar-refractivity contribution is 0.302. The number of methoxy groups -OCH3 is 1. The Kier molecular flexibility index (Phi) is 4.53. The molecule has 0 amide bonds. The van der Waals surface area contributed by atoms with Gasteiger partial charge in [0.25, 0.3) is 10.0 Å². The monoisotopic (exact) mass is 406 g/mol. The Balaban J connectivity index is 2.05. The zero-order valence-electron chi connectivity index (χ0n) is 15.0. The summed E-state index contributed by atoms with van der Waals surface area (Å²) in [6.45, 7) is 3.56. The van der Waals surface area contributed by atoms with Crippen LogP contribution in [0.5, 0.6) is 11.5 Å². The summed E-state index contributed by atoms with van der Waals surface area (Å²) in [7, 11) is -2.33. The van der Waals surface area contributed by atoms with Crippen molar-refractivity contribution in [3.05, 3.63) is 52.7 Å². The van der Waals surface area contributed by atoms with Crippen LogP contribution in [0.4, 0.5) is 0 Å². The highest BCUT2D eigenvalue weighted by atomic mass is 35.5. The first-order chi connectivity index (χ1) is 12.9. The normalized spacial score (nSPS) is 14.5. The molecule has 0 radical (unpaired) electrons. The van der Waals surface area contributed by atoms with E-state index in [9.17, 15) is 8.42 Å². The molecular formula is C19H19ClN2O4S. The van der Waals surface area contributed by atoms with E-state index >= 15 is 0 Å². The van der Waals surface area contributed by atoms with Crippen LogP contribution < -0.4 is 14.8 Å². The third kappa shape index (κ3) is 2.86. The molecule has 0 atom stereocenters. The van der Waals surface area contributed by atoms with Crippen LogP contribution in [0.1, 0.15) is 11.3 Å². The highest BCUT2D eigenvalue weighted by molar-refractivity contribution is 7.90. The standard InChI is InChI=1S/C19H19ClN2O4S/c1-12-9-13-14-11-21-7-8-26-19(14)17(25-2)10-16(13)22(12)27(23,24)18-6-4-3-5-15(18)20/h3-6,9-10,21H,7-8,11H2,1-2H3. The molecule has 4 rings (SSSR count). The first kappa shape index (κ1) is 18.2. The van der Waals surface area contributed by atoms with E-state index in [-0.39, 0.29) is 9.92 Å². The molecule has 6 nitrogen and oxygen atoms in total. The highest BCUT2D eigenvalue weighted by Gasteiger charge is 2.27. The molecule has 3 aromatic rings. The molecule has 1 aliphatic rings. The van der Waals surface area contributed by atoms with Crippen LogP contribution >= 0.6 is 11.6 Å². The maximum absolute atomic E-state index is 13.4. The molecule has 0 saturated heterocycles. The number of aryl methyl sites for hydroxylation is 1. The van der Waals surface area contributed by atoms with E-state index in [1.54, 1.807) is 38.3 Å². The van der Waals surface area contributed by atoms with Crippen molar-refractivity contribution in [2.45, 2.75) is 18.4 Å². The summed E-state index contributed by atoms with van der Waals surface area (Å²) in [6, 6.07) is 10.0. The average molecular weight is 407 g/mol. The van der Waals surface area contributed by atoms with E-state index in [1.165, 1.54) is 10.0 Å². The Morgan fingerprint density at radius 2 is 2.04 bits per heavy atom. The molecular weight excluding hydrogens is 388 g/mol.